The largest absolute Gasteiger partial charge is 0.438 e. The molecule has 0 radical (unpaired) electrons. The van der Waals surface area contributed by atoms with Crippen molar-refractivity contribution in [2.45, 2.75) is 37.5 Å². The van der Waals surface area contributed by atoms with Gasteiger partial charge in [0.15, 0.2) is 5.58 Å². The predicted octanol–water partition coefficient (Wildman–Crippen LogP) is 4.30. The van der Waals surface area contributed by atoms with Crippen molar-refractivity contribution >= 4 is 34.3 Å². The van der Waals surface area contributed by atoms with Crippen molar-refractivity contribution in [3.63, 3.8) is 0 Å². The lowest BCUT2D eigenvalue weighted by atomic mass is 9.74. The van der Waals surface area contributed by atoms with Crippen LogP contribution in [0.4, 0.5) is 0 Å². The van der Waals surface area contributed by atoms with E-state index in [0.717, 1.165) is 12.8 Å². The van der Waals surface area contributed by atoms with E-state index < -0.39 is 0 Å². The lowest BCUT2D eigenvalue weighted by Gasteiger charge is -2.32. The highest BCUT2D eigenvalue weighted by Gasteiger charge is 2.37. The van der Waals surface area contributed by atoms with Gasteiger partial charge in [0.2, 0.25) is 5.89 Å². The minimum absolute atomic E-state index is 0.132. The minimum atomic E-state index is -0.132. The molecule has 0 unspecified atom stereocenters. The van der Waals surface area contributed by atoms with Crippen LogP contribution in [0.2, 0.25) is 10.0 Å². The van der Waals surface area contributed by atoms with Crippen LogP contribution >= 0.6 is 23.2 Å². The third-order valence-corrected chi connectivity index (χ3v) is 4.56. The molecule has 5 heteroatoms. The van der Waals surface area contributed by atoms with Crippen molar-refractivity contribution in [1.82, 2.24) is 4.98 Å². The Balaban J connectivity index is 2.11. The average molecular weight is 299 g/mol. The number of nitrogens with zero attached hydrogens (tertiary/aromatic N) is 1. The van der Waals surface area contributed by atoms with Crippen LogP contribution in [0, 0.1) is 0 Å². The van der Waals surface area contributed by atoms with Gasteiger partial charge in [-0.1, -0.05) is 42.5 Å². The first kappa shape index (κ1) is 13.2. The first-order valence-electron chi connectivity index (χ1n) is 6.61. The van der Waals surface area contributed by atoms with Crippen LogP contribution in [0.5, 0.6) is 0 Å². The number of fused-ring (bicyclic) bond motifs is 1. The smallest absolute Gasteiger partial charge is 0.203 e. The van der Waals surface area contributed by atoms with Gasteiger partial charge in [0.1, 0.15) is 5.52 Å². The summed E-state index contributed by atoms with van der Waals surface area (Å²) in [5, 5.41) is 1.08. The Morgan fingerprint density at radius 3 is 2.63 bits per heavy atom. The van der Waals surface area contributed by atoms with E-state index in [2.05, 4.69) is 4.98 Å². The Labute approximate surface area is 122 Å². The summed E-state index contributed by atoms with van der Waals surface area (Å²) in [6.45, 7) is 0.561. The number of rotatable bonds is 2. The number of hydrogen-bond donors (Lipinski definition) is 1. The van der Waals surface area contributed by atoms with Crippen LogP contribution in [0.15, 0.2) is 16.5 Å². The van der Waals surface area contributed by atoms with Gasteiger partial charge in [-0.05, 0) is 25.0 Å². The summed E-state index contributed by atoms with van der Waals surface area (Å²) in [5.74, 6) is 0.717. The highest BCUT2D eigenvalue weighted by molar-refractivity contribution is 6.37. The van der Waals surface area contributed by atoms with Crippen molar-refractivity contribution in [3.05, 3.63) is 28.1 Å². The Morgan fingerprint density at radius 2 is 1.95 bits per heavy atom. The Morgan fingerprint density at radius 1 is 1.21 bits per heavy atom. The monoisotopic (exact) mass is 298 g/mol. The topological polar surface area (TPSA) is 52.0 Å². The highest BCUT2D eigenvalue weighted by atomic mass is 35.5. The highest BCUT2D eigenvalue weighted by Crippen LogP contribution is 2.40. The normalized spacial score (nSPS) is 18.9. The van der Waals surface area contributed by atoms with Crippen LogP contribution < -0.4 is 5.73 Å². The molecule has 2 N–H and O–H groups in total. The number of nitrogens with two attached hydrogens (primary N) is 1. The van der Waals surface area contributed by atoms with Crippen molar-refractivity contribution in [1.29, 1.82) is 0 Å². The van der Waals surface area contributed by atoms with E-state index in [9.17, 15) is 0 Å². The molecule has 1 saturated carbocycles. The second kappa shape index (κ2) is 4.97. The fraction of sp³-hybridized carbons (Fsp3) is 0.500. The summed E-state index contributed by atoms with van der Waals surface area (Å²) in [6, 6.07) is 3.46. The number of halogens is 2. The van der Waals surface area contributed by atoms with Crippen LogP contribution in [0.3, 0.4) is 0 Å². The van der Waals surface area contributed by atoms with Gasteiger partial charge in [0, 0.05) is 11.6 Å². The summed E-state index contributed by atoms with van der Waals surface area (Å²) in [6.07, 6.45) is 5.66. The molecule has 1 aromatic carbocycles. The molecular weight excluding hydrogens is 283 g/mol. The quantitative estimate of drug-likeness (QED) is 0.899. The van der Waals surface area contributed by atoms with Crippen LogP contribution in [-0.2, 0) is 5.41 Å². The maximum Gasteiger partial charge on any atom is 0.203 e. The lowest BCUT2D eigenvalue weighted by molar-refractivity contribution is 0.247. The first-order valence-corrected chi connectivity index (χ1v) is 7.36. The molecule has 0 saturated heterocycles. The van der Waals surface area contributed by atoms with Crippen molar-refractivity contribution < 1.29 is 4.42 Å². The van der Waals surface area contributed by atoms with Crippen molar-refractivity contribution in [3.8, 4) is 0 Å². The molecule has 1 fully saturated rings. The van der Waals surface area contributed by atoms with Crippen LogP contribution in [-0.4, -0.2) is 11.5 Å². The molecular formula is C14H16Cl2N2O. The van der Waals surface area contributed by atoms with Crippen molar-refractivity contribution in [2.75, 3.05) is 6.54 Å². The summed E-state index contributed by atoms with van der Waals surface area (Å²) >= 11 is 12.2. The van der Waals surface area contributed by atoms with Gasteiger partial charge >= 0.3 is 0 Å². The molecule has 1 heterocycles. The van der Waals surface area contributed by atoms with E-state index in [0.29, 0.717) is 33.6 Å². The second-order valence-corrected chi connectivity index (χ2v) is 6.14. The molecule has 102 valence electrons. The minimum Gasteiger partial charge on any atom is -0.438 e. The molecule has 0 atom stereocenters. The first-order chi connectivity index (χ1) is 9.14. The van der Waals surface area contributed by atoms with Gasteiger partial charge in [0.25, 0.3) is 0 Å². The second-order valence-electron chi connectivity index (χ2n) is 5.30. The molecule has 0 aliphatic heterocycles. The molecule has 1 aliphatic rings. The number of benzene rings is 1. The molecule has 19 heavy (non-hydrogen) atoms. The van der Waals surface area contributed by atoms with Crippen LogP contribution in [0.1, 0.15) is 38.0 Å². The van der Waals surface area contributed by atoms with E-state index in [4.69, 9.17) is 33.4 Å². The maximum atomic E-state index is 6.15. The molecule has 3 rings (SSSR count). The zero-order valence-electron chi connectivity index (χ0n) is 10.6. The molecule has 2 aromatic rings. The Kier molecular flexibility index (Phi) is 3.46. The standard InChI is InChI=1S/C14H16Cl2N2O/c15-9-6-10(16)12-11(7-9)18-13(19-12)14(8-17)4-2-1-3-5-14/h6-7H,1-5,8,17H2. The maximum absolute atomic E-state index is 6.15. The van der Waals surface area contributed by atoms with E-state index in [1.807, 2.05) is 0 Å². The van der Waals surface area contributed by atoms with Gasteiger partial charge in [0.05, 0.1) is 10.4 Å². The van der Waals surface area contributed by atoms with Gasteiger partial charge in [-0.2, -0.15) is 0 Å². The van der Waals surface area contributed by atoms with E-state index in [1.54, 1.807) is 12.1 Å². The Bertz CT molecular complexity index is 603. The number of hydrogen-bond acceptors (Lipinski definition) is 3. The summed E-state index contributed by atoms with van der Waals surface area (Å²) in [5.41, 5.74) is 7.19. The SMILES string of the molecule is NCC1(c2nc3cc(Cl)cc(Cl)c3o2)CCCCC1. The van der Waals surface area contributed by atoms with Gasteiger partial charge in [-0.25, -0.2) is 4.98 Å². The van der Waals surface area contributed by atoms with Gasteiger partial charge in [-0.3, -0.25) is 0 Å². The molecule has 0 bridgehead atoms. The average Bonchev–Trinajstić information content (AvgIpc) is 2.84. The molecule has 1 aromatic heterocycles. The number of aromatic nitrogens is 1. The molecule has 0 amide bonds. The van der Waals surface area contributed by atoms with Gasteiger partial charge < -0.3 is 10.2 Å². The summed E-state index contributed by atoms with van der Waals surface area (Å²) in [7, 11) is 0. The van der Waals surface area contributed by atoms with Gasteiger partial charge in [-0.15, -0.1) is 0 Å². The summed E-state index contributed by atoms with van der Waals surface area (Å²) < 4.78 is 5.91. The third-order valence-electron chi connectivity index (χ3n) is 4.06. The lowest BCUT2D eigenvalue weighted by Crippen LogP contribution is -2.37. The molecule has 0 spiro atoms. The Hall–Kier alpha value is -0.770. The molecule has 1 aliphatic carbocycles. The van der Waals surface area contributed by atoms with E-state index >= 15 is 0 Å². The fourth-order valence-electron chi connectivity index (χ4n) is 2.92. The fourth-order valence-corrected chi connectivity index (χ4v) is 3.44. The zero-order valence-corrected chi connectivity index (χ0v) is 12.1. The molecule has 3 nitrogen and oxygen atoms in total. The van der Waals surface area contributed by atoms with E-state index in [1.165, 1.54) is 19.3 Å². The van der Waals surface area contributed by atoms with Crippen molar-refractivity contribution in [2.24, 2.45) is 5.73 Å². The summed E-state index contributed by atoms with van der Waals surface area (Å²) in [4.78, 5) is 4.59. The third kappa shape index (κ3) is 2.24. The van der Waals surface area contributed by atoms with E-state index in [-0.39, 0.29) is 5.41 Å². The number of oxazole rings is 1. The van der Waals surface area contributed by atoms with Crippen LogP contribution in [0.25, 0.3) is 11.1 Å². The predicted molar refractivity (Wildman–Crippen MR) is 77.8 cm³/mol. The zero-order chi connectivity index (χ0) is 13.5.